The molecule has 0 heterocycles. The Hall–Kier alpha value is -0.770. The number of nitrogens with one attached hydrogen (secondary N) is 1. The molecule has 11 heavy (non-hydrogen) atoms. The lowest BCUT2D eigenvalue weighted by Gasteiger charge is -2.18. The number of ether oxygens (including phenoxy) is 1. The van der Waals surface area contributed by atoms with Crippen LogP contribution in [-0.4, -0.2) is 31.0 Å². The minimum absolute atomic E-state index is 0.134. The van der Waals surface area contributed by atoms with Gasteiger partial charge in [-0.1, -0.05) is 13.8 Å². The maximum Gasteiger partial charge on any atom is 0.407 e. The Morgan fingerprint density at radius 1 is 1.64 bits per heavy atom. The van der Waals surface area contributed by atoms with Crippen LogP contribution in [0.5, 0.6) is 0 Å². The second-order valence-corrected chi connectivity index (χ2v) is 2.62. The van der Waals surface area contributed by atoms with Crippen LogP contribution in [0.25, 0.3) is 0 Å². The van der Waals surface area contributed by atoms with Crippen molar-refractivity contribution in [3.63, 3.8) is 0 Å². The molecule has 1 amide bonds. The SMILES string of the molecule is CNC(=O)OC(CO)C(C)C. The minimum atomic E-state index is -0.502. The van der Waals surface area contributed by atoms with Gasteiger partial charge in [-0.3, -0.25) is 0 Å². The zero-order valence-electron chi connectivity index (χ0n) is 7.13. The van der Waals surface area contributed by atoms with Crippen molar-refractivity contribution < 1.29 is 14.6 Å². The molecule has 0 aliphatic heterocycles. The summed E-state index contributed by atoms with van der Waals surface area (Å²) in [5, 5.41) is 11.0. The van der Waals surface area contributed by atoms with E-state index in [1.54, 1.807) is 0 Å². The molecule has 0 bridgehead atoms. The van der Waals surface area contributed by atoms with Crippen LogP contribution in [0.2, 0.25) is 0 Å². The van der Waals surface area contributed by atoms with E-state index in [0.29, 0.717) is 0 Å². The van der Waals surface area contributed by atoms with Crippen LogP contribution in [-0.2, 0) is 4.74 Å². The number of amides is 1. The quantitative estimate of drug-likeness (QED) is 0.628. The highest BCUT2D eigenvalue weighted by Crippen LogP contribution is 2.05. The van der Waals surface area contributed by atoms with Crippen LogP contribution in [0.15, 0.2) is 0 Å². The monoisotopic (exact) mass is 161 g/mol. The predicted octanol–water partition coefficient (Wildman–Crippen LogP) is 0.359. The van der Waals surface area contributed by atoms with Crippen molar-refractivity contribution in [2.24, 2.45) is 5.92 Å². The zero-order chi connectivity index (χ0) is 8.85. The minimum Gasteiger partial charge on any atom is -0.444 e. The van der Waals surface area contributed by atoms with Gasteiger partial charge in [0, 0.05) is 7.05 Å². The fraction of sp³-hybridized carbons (Fsp3) is 0.857. The predicted molar refractivity (Wildman–Crippen MR) is 41.3 cm³/mol. The number of aliphatic hydroxyl groups is 1. The van der Waals surface area contributed by atoms with E-state index in [1.807, 2.05) is 13.8 Å². The summed E-state index contributed by atoms with van der Waals surface area (Å²) in [6.07, 6.45) is -0.910. The Balaban J connectivity index is 3.78. The number of carbonyl (C=O) groups excluding carboxylic acids is 1. The van der Waals surface area contributed by atoms with E-state index in [2.05, 4.69) is 5.32 Å². The van der Waals surface area contributed by atoms with E-state index in [-0.39, 0.29) is 12.5 Å². The van der Waals surface area contributed by atoms with Gasteiger partial charge < -0.3 is 15.2 Å². The van der Waals surface area contributed by atoms with Gasteiger partial charge in [0.05, 0.1) is 6.61 Å². The van der Waals surface area contributed by atoms with Crippen molar-refractivity contribution >= 4 is 6.09 Å². The van der Waals surface area contributed by atoms with Crippen LogP contribution >= 0.6 is 0 Å². The largest absolute Gasteiger partial charge is 0.444 e. The number of alkyl carbamates (subject to hydrolysis) is 1. The van der Waals surface area contributed by atoms with E-state index in [0.717, 1.165) is 0 Å². The van der Waals surface area contributed by atoms with Crippen molar-refractivity contribution in [2.75, 3.05) is 13.7 Å². The highest BCUT2D eigenvalue weighted by Gasteiger charge is 2.15. The van der Waals surface area contributed by atoms with Gasteiger partial charge in [0.2, 0.25) is 0 Å². The Labute approximate surface area is 66.5 Å². The van der Waals surface area contributed by atoms with Crippen molar-refractivity contribution in [3.8, 4) is 0 Å². The molecule has 66 valence electrons. The molecule has 0 aromatic rings. The first-order valence-corrected chi connectivity index (χ1v) is 3.61. The summed E-state index contributed by atoms with van der Waals surface area (Å²) < 4.78 is 4.81. The van der Waals surface area contributed by atoms with E-state index >= 15 is 0 Å². The van der Waals surface area contributed by atoms with Crippen LogP contribution in [0.1, 0.15) is 13.8 Å². The lowest BCUT2D eigenvalue weighted by Crippen LogP contribution is -2.31. The third-order valence-electron chi connectivity index (χ3n) is 1.39. The van der Waals surface area contributed by atoms with Crippen molar-refractivity contribution in [1.29, 1.82) is 0 Å². The van der Waals surface area contributed by atoms with E-state index in [9.17, 15) is 4.79 Å². The fourth-order valence-corrected chi connectivity index (χ4v) is 0.581. The molecular formula is C7H15NO3. The molecule has 0 saturated carbocycles. The molecule has 0 rings (SSSR count). The third-order valence-corrected chi connectivity index (χ3v) is 1.39. The van der Waals surface area contributed by atoms with Crippen LogP contribution < -0.4 is 5.32 Å². The standard InChI is InChI=1S/C7H15NO3/c1-5(2)6(4-9)11-7(10)8-3/h5-6,9H,4H2,1-3H3,(H,8,10). The second kappa shape index (κ2) is 4.96. The average molecular weight is 161 g/mol. The molecule has 0 fully saturated rings. The summed E-state index contributed by atoms with van der Waals surface area (Å²) >= 11 is 0. The highest BCUT2D eigenvalue weighted by atomic mass is 16.6. The average Bonchev–Trinajstić information content (AvgIpc) is 1.99. The molecule has 0 aromatic carbocycles. The number of rotatable bonds is 3. The van der Waals surface area contributed by atoms with Crippen molar-refractivity contribution in [1.82, 2.24) is 5.32 Å². The number of aliphatic hydroxyl groups excluding tert-OH is 1. The van der Waals surface area contributed by atoms with E-state index in [1.165, 1.54) is 7.05 Å². The molecule has 0 aliphatic carbocycles. The summed E-state index contributed by atoms with van der Waals surface area (Å²) in [4.78, 5) is 10.6. The number of hydrogen-bond donors (Lipinski definition) is 2. The molecule has 0 aromatic heterocycles. The van der Waals surface area contributed by atoms with Crippen molar-refractivity contribution in [3.05, 3.63) is 0 Å². The first-order valence-electron chi connectivity index (χ1n) is 3.61. The summed E-state index contributed by atoms with van der Waals surface area (Å²) in [5.41, 5.74) is 0. The Bertz CT molecular complexity index is 125. The van der Waals surface area contributed by atoms with Gasteiger partial charge in [0.15, 0.2) is 0 Å². The van der Waals surface area contributed by atoms with E-state index in [4.69, 9.17) is 9.84 Å². The van der Waals surface area contributed by atoms with Gasteiger partial charge in [0.25, 0.3) is 0 Å². The van der Waals surface area contributed by atoms with Gasteiger partial charge in [-0.15, -0.1) is 0 Å². The molecule has 1 atom stereocenters. The molecule has 1 unspecified atom stereocenters. The van der Waals surface area contributed by atoms with Crippen LogP contribution in [0, 0.1) is 5.92 Å². The normalized spacial score (nSPS) is 12.8. The third kappa shape index (κ3) is 3.83. The van der Waals surface area contributed by atoms with Crippen molar-refractivity contribution in [2.45, 2.75) is 20.0 Å². The topological polar surface area (TPSA) is 58.6 Å². The van der Waals surface area contributed by atoms with E-state index < -0.39 is 12.2 Å². The van der Waals surface area contributed by atoms with Crippen LogP contribution in [0.4, 0.5) is 4.79 Å². The summed E-state index contributed by atoms with van der Waals surface area (Å²) in [5.74, 6) is 0.136. The lowest BCUT2D eigenvalue weighted by molar-refractivity contribution is 0.0324. The summed E-state index contributed by atoms with van der Waals surface area (Å²) in [6, 6.07) is 0. The molecule has 2 N–H and O–H groups in total. The number of hydrogen-bond acceptors (Lipinski definition) is 3. The lowest BCUT2D eigenvalue weighted by atomic mass is 10.1. The number of carbonyl (C=O) groups is 1. The zero-order valence-corrected chi connectivity index (χ0v) is 7.13. The van der Waals surface area contributed by atoms with Gasteiger partial charge in [-0.05, 0) is 5.92 Å². The summed E-state index contributed by atoms with van der Waals surface area (Å²) in [6.45, 7) is 3.62. The first-order chi connectivity index (χ1) is 5.11. The Morgan fingerprint density at radius 2 is 2.18 bits per heavy atom. The molecule has 0 aliphatic rings. The second-order valence-electron chi connectivity index (χ2n) is 2.62. The smallest absolute Gasteiger partial charge is 0.407 e. The molecule has 0 radical (unpaired) electrons. The maximum atomic E-state index is 10.6. The molecular weight excluding hydrogens is 146 g/mol. The molecule has 0 saturated heterocycles. The summed E-state index contributed by atoms with van der Waals surface area (Å²) in [7, 11) is 1.48. The molecule has 4 nitrogen and oxygen atoms in total. The molecule has 0 spiro atoms. The van der Waals surface area contributed by atoms with Gasteiger partial charge >= 0.3 is 6.09 Å². The Morgan fingerprint density at radius 3 is 2.45 bits per heavy atom. The van der Waals surface area contributed by atoms with Gasteiger partial charge in [-0.2, -0.15) is 0 Å². The Kier molecular flexibility index (Phi) is 4.61. The fourth-order valence-electron chi connectivity index (χ4n) is 0.581. The van der Waals surface area contributed by atoms with Gasteiger partial charge in [-0.25, -0.2) is 4.79 Å². The van der Waals surface area contributed by atoms with Gasteiger partial charge in [0.1, 0.15) is 6.10 Å². The highest BCUT2D eigenvalue weighted by molar-refractivity contribution is 5.66. The maximum absolute atomic E-state index is 10.6. The first kappa shape index (κ1) is 10.2. The van der Waals surface area contributed by atoms with Crippen LogP contribution in [0.3, 0.4) is 0 Å². The molecule has 4 heteroatoms.